The molecule has 0 saturated carbocycles. The van der Waals surface area contributed by atoms with Crippen molar-refractivity contribution in [2.45, 2.75) is 39.5 Å². The Bertz CT molecular complexity index is 447. The predicted molar refractivity (Wildman–Crippen MR) is 77.3 cm³/mol. The number of thiophene rings is 1. The van der Waals surface area contributed by atoms with Gasteiger partial charge >= 0.3 is 0 Å². The first-order valence-corrected chi connectivity index (χ1v) is 7.59. The lowest BCUT2D eigenvalue weighted by molar-refractivity contribution is 0.0953. The summed E-state index contributed by atoms with van der Waals surface area (Å²) in [5, 5.41) is 5.03. The van der Waals surface area contributed by atoms with E-state index in [-0.39, 0.29) is 5.91 Å². The second-order valence-corrected chi connectivity index (χ2v) is 5.98. The molecule has 1 N–H and O–H groups in total. The van der Waals surface area contributed by atoms with E-state index in [1.165, 1.54) is 16.9 Å². The highest BCUT2D eigenvalue weighted by Crippen LogP contribution is 2.32. The van der Waals surface area contributed by atoms with E-state index in [2.05, 4.69) is 18.3 Å². The summed E-state index contributed by atoms with van der Waals surface area (Å²) in [5.41, 5.74) is 2.23. The van der Waals surface area contributed by atoms with E-state index in [4.69, 9.17) is 0 Å². The zero-order valence-corrected chi connectivity index (χ0v) is 12.0. The fourth-order valence-electron chi connectivity index (χ4n) is 2.40. The average molecular weight is 263 g/mol. The molecule has 3 heteroatoms. The number of allylic oxidation sites excluding steroid dienone is 1. The van der Waals surface area contributed by atoms with Crippen LogP contribution in [0.4, 0.5) is 0 Å². The number of rotatable bonds is 4. The Hall–Kier alpha value is -1.09. The summed E-state index contributed by atoms with van der Waals surface area (Å²) in [6, 6.07) is 0. The molecular weight excluding hydrogens is 242 g/mol. The number of nitrogens with one attached hydrogen (secondary N) is 1. The molecule has 98 valence electrons. The molecule has 1 unspecified atom stereocenters. The highest BCUT2D eigenvalue weighted by atomic mass is 32.1. The average Bonchev–Trinajstić information content (AvgIpc) is 2.77. The normalized spacial score (nSPS) is 18.9. The summed E-state index contributed by atoms with van der Waals surface area (Å²) in [4.78, 5) is 13.5. The van der Waals surface area contributed by atoms with Gasteiger partial charge in [-0.2, -0.15) is 0 Å². The summed E-state index contributed by atoms with van der Waals surface area (Å²) in [7, 11) is 0. The van der Waals surface area contributed by atoms with Gasteiger partial charge in [0.05, 0.1) is 5.56 Å². The minimum atomic E-state index is 0.103. The number of carbonyl (C=O) groups is 1. The molecule has 1 aliphatic carbocycles. The highest BCUT2D eigenvalue weighted by Gasteiger charge is 2.22. The number of hydrogen-bond acceptors (Lipinski definition) is 2. The van der Waals surface area contributed by atoms with Crippen LogP contribution in [-0.4, -0.2) is 12.5 Å². The third-order valence-electron chi connectivity index (χ3n) is 3.48. The monoisotopic (exact) mass is 263 g/mol. The van der Waals surface area contributed by atoms with Crippen LogP contribution in [0.1, 0.15) is 47.5 Å². The quantitative estimate of drug-likeness (QED) is 0.653. The molecule has 1 aromatic heterocycles. The van der Waals surface area contributed by atoms with Crippen LogP contribution in [0, 0.1) is 5.92 Å². The van der Waals surface area contributed by atoms with E-state index < -0.39 is 0 Å². The molecule has 1 heterocycles. The van der Waals surface area contributed by atoms with Crippen molar-refractivity contribution in [3.05, 3.63) is 33.5 Å². The van der Waals surface area contributed by atoms with Gasteiger partial charge in [-0.15, -0.1) is 11.3 Å². The van der Waals surface area contributed by atoms with Crippen LogP contribution in [0.3, 0.4) is 0 Å². The molecular formula is C15H21NOS. The van der Waals surface area contributed by atoms with Crippen molar-refractivity contribution in [2.75, 3.05) is 6.54 Å². The van der Waals surface area contributed by atoms with Crippen LogP contribution in [0.25, 0.3) is 0 Å². The fraction of sp³-hybridized carbons (Fsp3) is 0.533. The minimum absolute atomic E-state index is 0.103. The molecule has 0 bridgehead atoms. The van der Waals surface area contributed by atoms with Gasteiger partial charge in [-0.1, -0.05) is 19.1 Å². The maximum absolute atomic E-state index is 12.1. The lowest BCUT2D eigenvalue weighted by Crippen LogP contribution is -2.25. The number of amides is 1. The summed E-state index contributed by atoms with van der Waals surface area (Å²) in [5.74, 6) is 0.869. The molecule has 1 atom stereocenters. The molecule has 2 nitrogen and oxygen atoms in total. The Morgan fingerprint density at radius 2 is 2.44 bits per heavy atom. The van der Waals surface area contributed by atoms with E-state index in [0.717, 1.165) is 37.3 Å². The zero-order valence-electron chi connectivity index (χ0n) is 11.2. The summed E-state index contributed by atoms with van der Waals surface area (Å²) in [6.07, 6.45) is 8.42. The maximum atomic E-state index is 12.1. The molecule has 0 fully saturated rings. The van der Waals surface area contributed by atoms with Crippen molar-refractivity contribution < 1.29 is 4.79 Å². The molecule has 0 radical (unpaired) electrons. The summed E-state index contributed by atoms with van der Waals surface area (Å²) < 4.78 is 0. The van der Waals surface area contributed by atoms with Crippen LogP contribution in [-0.2, 0) is 12.8 Å². The standard InChI is InChI=1S/C15H21NOS/c1-3-4-5-8-16-15(17)13-10-18-14-9-11(2)6-7-12(13)14/h3-4,10-11H,5-9H2,1-2H3,(H,16,17)/b4-3+. The molecule has 1 aliphatic rings. The molecule has 0 spiro atoms. The molecule has 2 rings (SSSR count). The van der Waals surface area contributed by atoms with Crippen LogP contribution in [0.5, 0.6) is 0 Å². The largest absolute Gasteiger partial charge is 0.352 e. The SMILES string of the molecule is C/C=C/CCNC(=O)c1csc2c1CCC(C)C2. The smallest absolute Gasteiger partial charge is 0.252 e. The van der Waals surface area contributed by atoms with Gasteiger partial charge in [0.2, 0.25) is 0 Å². The highest BCUT2D eigenvalue weighted by molar-refractivity contribution is 7.10. The van der Waals surface area contributed by atoms with Crippen molar-refractivity contribution in [3.63, 3.8) is 0 Å². The van der Waals surface area contributed by atoms with Gasteiger partial charge in [-0.3, -0.25) is 4.79 Å². The van der Waals surface area contributed by atoms with Crippen molar-refractivity contribution in [2.24, 2.45) is 5.92 Å². The van der Waals surface area contributed by atoms with E-state index in [1.807, 2.05) is 18.4 Å². The first kappa shape index (κ1) is 13.3. The molecule has 1 amide bonds. The molecule has 0 aromatic carbocycles. The third kappa shape index (κ3) is 3.02. The maximum Gasteiger partial charge on any atom is 0.252 e. The lowest BCUT2D eigenvalue weighted by atomic mass is 9.88. The summed E-state index contributed by atoms with van der Waals surface area (Å²) in [6.45, 7) is 5.02. The van der Waals surface area contributed by atoms with E-state index >= 15 is 0 Å². The van der Waals surface area contributed by atoms with Crippen LogP contribution in [0.15, 0.2) is 17.5 Å². The Morgan fingerprint density at radius 1 is 1.61 bits per heavy atom. The summed E-state index contributed by atoms with van der Waals surface area (Å²) >= 11 is 1.75. The van der Waals surface area contributed by atoms with Crippen molar-refractivity contribution in [1.82, 2.24) is 5.32 Å². The van der Waals surface area contributed by atoms with Gasteiger partial charge in [0, 0.05) is 16.8 Å². The molecule has 0 saturated heterocycles. The third-order valence-corrected chi connectivity index (χ3v) is 4.53. The van der Waals surface area contributed by atoms with E-state index in [0.29, 0.717) is 0 Å². The van der Waals surface area contributed by atoms with Gasteiger partial charge in [-0.25, -0.2) is 0 Å². The Kier molecular flexibility index (Phi) is 4.59. The molecule has 0 aliphatic heterocycles. The van der Waals surface area contributed by atoms with Gasteiger partial charge < -0.3 is 5.32 Å². The molecule has 18 heavy (non-hydrogen) atoms. The fourth-order valence-corrected chi connectivity index (χ4v) is 3.64. The topological polar surface area (TPSA) is 29.1 Å². The van der Waals surface area contributed by atoms with Crippen molar-refractivity contribution in [1.29, 1.82) is 0 Å². The first-order valence-electron chi connectivity index (χ1n) is 6.71. The van der Waals surface area contributed by atoms with Crippen LogP contribution < -0.4 is 5.32 Å². The number of hydrogen-bond donors (Lipinski definition) is 1. The van der Waals surface area contributed by atoms with E-state index in [9.17, 15) is 4.79 Å². The Morgan fingerprint density at radius 3 is 3.22 bits per heavy atom. The number of fused-ring (bicyclic) bond motifs is 1. The molecule has 1 aromatic rings. The minimum Gasteiger partial charge on any atom is -0.352 e. The Labute approximate surface area is 113 Å². The second kappa shape index (κ2) is 6.19. The van der Waals surface area contributed by atoms with Crippen LogP contribution in [0.2, 0.25) is 0 Å². The first-order chi connectivity index (χ1) is 8.72. The van der Waals surface area contributed by atoms with E-state index in [1.54, 1.807) is 11.3 Å². The lowest BCUT2D eigenvalue weighted by Gasteiger charge is -2.18. The van der Waals surface area contributed by atoms with Crippen molar-refractivity contribution >= 4 is 17.2 Å². The van der Waals surface area contributed by atoms with Crippen molar-refractivity contribution in [3.8, 4) is 0 Å². The van der Waals surface area contributed by atoms with Gasteiger partial charge in [0.1, 0.15) is 0 Å². The predicted octanol–water partition coefficient (Wildman–Crippen LogP) is 3.57. The van der Waals surface area contributed by atoms with Crippen LogP contribution >= 0.6 is 11.3 Å². The van der Waals surface area contributed by atoms with Gasteiger partial charge in [-0.05, 0) is 44.1 Å². The second-order valence-electron chi connectivity index (χ2n) is 5.01. The Balaban J connectivity index is 1.99. The zero-order chi connectivity index (χ0) is 13.0. The van der Waals surface area contributed by atoms with Gasteiger partial charge in [0.15, 0.2) is 0 Å². The number of carbonyl (C=O) groups excluding carboxylic acids is 1. The van der Waals surface area contributed by atoms with Gasteiger partial charge in [0.25, 0.3) is 5.91 Å².